The van der Waals surface area contributed by atoms with Crippen LogP contribution in [-0.4, -0.2) is 0 Å². The fourth-order valence-electron chi connectivity index (χ4n) is 5.90. The van der Waals surface area contributed by atoms with Crippen molar-refractivity contribution in [3.8, 4) is 0 Å². The molecule has 0 radical (unpaired) electrons. The Morgan fingerprint density at radius 1 is 0.643 bits per heavy atom. The molecule has 0 amide bonds. The van der Waals surface area contributed by atoms with E-state index in [0.717, 1.165) is 11.8 Å². The SMILES string of the molecule is CC(C)C(C)(C)C(C)(C)CC(C)(C)C(C)(C)CC(C1CCCCC1)C(C)(C)C. The van der Waals surface area contributed by atoms with Crippen LogP contribution < -0.4 is 0 Å². The van der Waals surface area contributed by atoms with Crippen LogP contribution >= 0.6 is 0 Å². The predicted octanol–water partition coefficient (Wildman–Crippen LogP) is 9.77. The molecule has 1 atom stereocenters. The van der Waals surface area contributed by atoms with Crippen LogP contribution in [0.3, 0.4) is 0 Å². The first-order valence-corrected chi connectivity index (χ1v) is 12.4. The molecule has 1 rings (SSSR count). The van der Waals surface area contributed by atoms with Crippen molar-refractivity contribution in [3.05, 3.63) is 0 Å². The standard InChI is InChI=1S/C28H56/c1-21(2)28(12,13)27(10,11)20-26(8,9)25(6,7)19-23(24(3,4)5)22-17-15-14-16-18-22/h21-23H,14-20H2,1-13H3. The molecule has 1 aliphatic rings. The lowest BCUT2D eigenvalue weighted by Crippen LogP contribution is -2.46. The fraction of sp³-hybridized carbons (Fsp3) is 1.00. The van der Waals surface area contributed by atoms with Crippen molar-refractivity contribution in [1.82, 2.24) is 0 Å². The normalized spacial score (nSPS) is 19.9. The first-order chi connectivity index (χ1) is 12.4. The van der Waals surface area contributed by atoms with Gasteiger partial charge in [0.05, 0.1) is 0 Å². The molecule has 0 N–H and O–H groups in total. The van der Waals surface area contributed by atoms with Gasteiger partial charge in [0, 0.05) is 0 Å². The van der Waals surface area contributed by atoms with Crippen molar-refractivity contribution < 1.29 is 0 Å². The van der Waals surface area contributed by atoms with E-state index in [4.69, 9.17) is 0 Å². The van der Waals surface area contributed by atoms with Crippen molar-refractivity contribution in [2.45, 2.75) is 135 Å². The molecule has 168 valence electrons. The Labute approximate surface area is 180 Å². The third-order valence-electron chi connectivity index (χ3n) is 9.97. The van der Waals surface area contributed by atoms with Gasteiger partial charge in [-0.05, 0) is 57.7 Å². The minimum absolute atomic E-state index is 0.320. The first kappa shape index (κ1) is 26.0. The van der Waals surface area contributed by atoms with E-state index in [0.29, 0.717) is 33.0 Å². The molecule has 1 fully saturated rings. The lowest BCUT2D eigenvalue weighted by Gasteiger charge is -2.54. The molecule has 0 aromatic heterocycles. The lowest BCUT2D eigenvalue weighted by molar-refractivity contribution is -0.0486. The minimum Gasteiger partial charge on any atom is -0.0622 e. The summed E-state index contributed by atoms with van der Waals surface area (Å²) in [6.07, 6.45) is 9.95. The minimum atomic E-state index is 0.320. The van der Waals surface area contributed by atoms with Crippen LogP contribution in [0.2, 0.25) is 0 Å². The van der Waals surface area contributed by atoms with Crippen molar-refractivity contribution >= 4 is 0 Å². The van der Waals surface area contributed by atoms with Crippen molar-refractivity contribution in [2.75, 3.05) is 0 Å². The van der Waals surface area contributed by atoms with Gasteiger partial charge in [-0.2, -0.15) is 0 Å². The molecule has 0 spiro atoms. The van der Waals surface area contributed by atoms with Crippen LogP contribution in [0.1, 0.15) is 135 Å². The Morgan fingerprint density at radius 2 is 1.11 bits per heavy atom. The molecule has 0 aliphatic heterocycles. The second-order valence-corrected chi connectivity index (χ2v) is 14.3. The summed E-state index contributed by atoms with van der Waals surface area (Å²) in [6, 6.07) is 0. The molecular weight excluding hydrogens is 336 g/mol. The molecule has 0 aromatic carbocycles. The zero-order chi connectivity index (χ0) is 22.2. The number of hydrogen-bond donors (Lipinski definition) is 0. The Morgan fingerprint density at radius 3 is 1.50 bits per heavy atom. The molecule has 28 heavy (non-hydrogen) atoms. The quantitative estimate of drug-likeness (QED) is 0.385. The van der Waals surface area contributed by atoms with Crippen LogP contribution in [0.25, 0.3) is 0 Å². The van der Waals surface area contributed by atoms with Crippen molar-refractivity contribution in [3.63, 3.8) is 0 Å². The van der Waals surface area contributed by atoms with E-state index in [1.807, 2.05) is 0 Å². The zero-order valence-corrected chi connectivity index (χ0v) is 22.2. The number of hydrogen-bond acceptors (Lipinski definition) is 0. The first-order valence-electron chi connectivity index (χ1n) is 12.4. The maximum atomic E-state index is 2.58. The van der Waals surface area contributed by atoms with E-state index >= 15 is 0 Å². The van der Waals surface area contributed by atoms with Gasteiger partial charge in [0.2, 0.25) is 0 Å². The summed E-state index contributed by atoms with van der Waals surface area (Å²) in [7, 11) is 0. The van der Waals surface area contributed by atoms with E-state index in [9.17, 15) is 0 Å². The highest BCUT2D eigenvalue weighted by Crippen LogP contribution is 2.58. The molecular formula is C28H56. The van der Waals surface area contributed by atoms with Gasteiger partial charge in [0.1, 0.15) is 0 Å². The highest BCUT2D eigenvalue weighted by molar-refractivity contribution is 4.98. The Bertz CT molecular complexity index is 475. The average molecular weight is 393 g/mol. The highest BCUT2D eigenvalue weighted by Gasteiger charge is 2.49. The number of rotatable bonds is 8. The summed E-state index contributed by atoms with van der Waals surface area (Å²) in [6.45, 7) is 32.6. The van der Waals surface area contributed by atoms with E-state index in [1.165, 1.54) is 44.9 Å². The lowest BCUT2D eigenvalue weighted by atomic mass is 9.51. The van der Waals surface area contributed by atoms with Gasteiger partial charge >= 0.3 is 0 Å². The Balaban J connectivity index is 3.09. The van der Waals surface area contributed by atoms with Crippen molar-refractivity contribution in [2.24, 2.45) is 44.8 Å². The summed E-state index contributed by atoms with van der Waals surface area (Å²) >= 11 is 0. The molecule has 1 saturated carbocycles. The molecule has 0 aromatic rings. The predicted molar refractivity (Wildman–Crippen MR) is 129 cm³/mol. The van der Waals surface area contributed by atoms with Gasteiger partial charge in [-0.25, -0.2) is 0 Å². The molecule has 0 saturated heterocycles. The van der Waals surface area contributed by atoms with Gasteiger partial charge in [-0.3, -0.25) is 0 Å². The molecule has 1 unspecified atom stereocenters. The highest BCUT2D eigenvalue weighted by atomic mass is 14.5. The summed E-state index contributed by atoms with van der Waals surface area (Å²) < 4.78 is 0. The monoisotopic (exact) mass is 392 g/mol. The maximum Gasteiger partial charge on any atom is -0.0280 e. The van der Waals surface area contributed by atoms with Crippen LogP contribution in [0.4, 0.5) is 0 Å². The maximum absolute atomic E-state index is 2.58. The molecule has 0 heteroatoms. The fourth-order valence-corrected chi connectivity index (χ4v) is 5.90. The Hall–Kier alpha value is 0. The van der Waals surface area contributed by atoms with E-state index < -0.39 is 0 Å². The summed E-state index contributed by atoms with van der Waals surface area (Å²) in [5.41, 5.74) is 1.73. The van der Waals surface area contributed by atoms with Gasteiger partial charge < -0.3 is 0 Å². The second kappa shape index (κ2) is 8.63. The van der Waals surface area contributed by atoms with E-state index in [2.05, 4.69) is 90.0 Å². The zero-order valence-electron chi connectivity index (χ0n) is 22.2. The molecule has 0 bridgehead atoms. The van der Waals surface area contributed by atoms with Crippen LogP contribution in [0, 0.1) is 44.8 Å². The smallest absolute Gasteiger partial charge is 0.0280 e. The van der Waals surface area contributed by atoms with Gasteiger partial charge in [0.15, 0.2) is 0 Å². The Kier molecular flexibility index (Phi) is 8.02. The van der Waals surface area contributed by atoms with Crippen molar-refractivity contribution in [1.29, 1.82) is 0 Å². The largest absolute Gasteiger partial charge is 0.0622 e. The van der Waals surface area contributed by atoms with Crippen LogP contribution in [0.15, 0.2) is 0 Å². The van der Waals surface area contributed by atoms with Gasteiger partial charge in [0.25, 0.3) is 0 Å². The molecule has 0 heterocycles. The summed E-state index contributed by atoms with van der Waals surface area (Å²) in [5.74, 6) is 2.47. The summed E-state index contributed by atoms with van der Waals surface area (Å²) in [5, 5.41) is 0. The van der Waals surface area contributed by atoms with Crippen LogP contribution in [0.5, 0.6) is 0 Å². The van der Waals surface area contributed by atoms with E-state index in [1.54, 1.807) is 0 Å². The third kappa shape index (κ3) is 5.78. The summed E-state index contributed by atoms with van der Waals surface area (Å²) in [4.78, 5) is 0. The van der Waals surface area contributed by atoms with Crippen LogP contribution in [-0.2, 0) is 0 Å². The molecule has 1 aliphatic carbocycles. The van der Waals surface area contributed by atoms with E-state index in [-0.39, 0.29) is 0 Å². The third-order valence-corrected chi connectivity index (χ3v) is 9.97. The van der Waals surface area contributed by atoms with Gasteiger partial charge in [-0.1, -0.05) is 122 Å². The second-order valence-electron chi connectivity index (χ2n) is 14.3. The molecule has 0 nitrogen and oxygen atoms in total. The topological polar surface area (TPSA) is 0 Å². The average Bonchev–Trinajstić information content (AvgIpc) is 2.51. The van der Waals surface area contributed by atoms with Gasteiger partial charge in [-0.15, -0.1) is 0 Å².